The van der Waals surface area contributed by atoms with Gasteiger partial charge in [0.05, 0.1) is 0 Å². The smallest absolute Gasteiger partial charge is 0.125 e. The minimum atomic E-state index is -0.0437. The Bertz CT molecular complexity index is 490. The van der Waals surface area contributed by atoms with E-state index in [1.807, 2.05) is 6.07 Å². The molecule has 1 aromatic rings. The van der Waals surface area contributed by atoms with Crippen LogP contribution in [0.1, 0.15) is 51.1 Å². The van der Waals surface area contributed by atoms with E-state index in [1.165, 1.54) is 12.8 Å². The standard InChI is InChI=1S/C16H22BrNO/c1-10-4-3-7-16(11(10)2)9-14(18)13-8-12(17)5-6-15(13)19-16/h5-6,8,10-11,14H,3-4,7,9,18H2,1-2H3. The molecule has 3 rings (SSSR count). The van der Waals surface area contributed by atoms with Crippen molar-refractivity contribution in [3.8, 4) is 5.75 Å². The molecule has 1 heterocycles. The van der Waals surface area contributed by atoms with E-state index in [0.29, 0.717) is 5.92 Å². The van der Waals surface area contributed by atoms with Crippen molar-refractivity contribution in [2.75, 3.05) is 0 Å². The van der Waals surface area contributed by atoms with Gasteiger partial charge in [-0.2, -0.15) is 0 Å². The molecule has 104 valence electrons. The zero-order valence-electron chi connectivity index (χ0n) is 11.7. The fraction of sp³-hybridized carbons (Fsp3) is 0.625. The third kappa shape index (κ3) is 2.21. The van der Waals surface area contributed by atoms with E-state index >= 15 is 0 Å². The van der Waals surface area contributed by atoms with E-state index in [4.69, 9.17) is 10.5 Å². The second kappa shape index (κ2) is 4.78. The monoisotopic (exact) mass is 323 g/mol. The van der Waals surface area contributed by atoms with Crippen LogP contribution in [-0.4, -0.2) is 5.60 Å². The average molecular weight is 324 g/mol. The van der Waals surface area contributed by atoms with Crippen LogP contribution >= 0.6 is 15.9 Å². The number of benzene rings is 1. The van der Waals surface area contributed by atoms with Crippen LogP contribution in [0.2, 0.25) is 0 Å². The summed E-state index contributed by atoms with van der Waals surface area (Å²) in [5.41, 5.74) is 7.53. The molecule has 1 aromatic carbocycles. The molecule has 1 fully saturated rings. The minimum absolute atomic E-state index is 0.0437. The Kier molecular flexibility index (Phi) is 3.38. The Balaban J connectivity index is 1.98. The Labute approximate surface area is 123 Å². The van der Waals surface area contributed by atoms with Gasteiger partial charge in [-0.05, 0) is 42.9 Å². The average Bonchev–Trinajstić information content (AvgIpc) is 2.37. The molecule has 2 nitrogen and oxygen atoms in total. The second-order valence-electron chi connectivity index (χ2n) is 6.32. The van der Waals surface area contributed by atoms with Crippen molar-refractivity contribution < 1.29 is 4.74 Å². The first-order valence-electron chi connectivity index (χ1n) is 7.26. The first-order chi connectivity index (χ1) is 9.02. The highest BCUT2D eigenvalue weighted by atomic mass is 79.9. The van der Waals surface area contributed by atoms with Gasteiger partial charge in [-0.15, -0.1) is 0 Å². The van der Waals surface area contributed by atoms with Crippen LogP contribution in [0.4, 0.5) is 0 Å². The number of rotatable bonds is 0. The van der Waals surface area contributed by atoms with Gasteiger partial charge in [-0.3, -0.25) is 0 Å². The highest BCUT2D eigenvalue weighted by Gasteiger charge is 2.47. The lowest BCUT2D eigenvalue weighted by Crippen LogP contribution is -2.51. The summed E-state index contributed by atoms with van der Waals surface area (Å²) in [6, 6.07) is 6.30. The SMILES string of the molecule is CC1CCCC2(CC(N)c3cc(Br)ccc3O2)C1C. The van der Waals surface area contributed by atoms with Crippen LogP contribution in [-0.2, 0) is 0 Å². The quantitative estimate of drug-likeness (QED) is 0.766. The molecule has 2 N–H and O–H groups in total. The fourth-order valence-corrected chi connectivity index (χ4v) is 4.18. The van der Waals surface area contributed by atoms with Gasteiger partial charge in [0.2, 0.25) is 0 Å². The number of fused-ring (bicyclic) bond motifs is 1. The van der Waals surface area contributed by atoms with Crippen LogP contribution in [0, 0.1) is 11.8 Å². The first kappa shape index (κ1) is 13.4. The maximum absolute atomic E-state index is 6.47. The molecule has 3 heteroatoms. The number of nitrogens with two attached hydrogens (primary N) is 1. The molecule has 0 radical (unpaired) electrons. The molecule has 1 saturated carbocycles. The summed E-state index contributed by atoms with van der Waals surface area (Å²) in [4.78, 5) is 0. The normalized spacial score (nSPS) is 37.8. The summed E-state index contributed by atoms with van der Waals surface area (Å²) in [7, 11) is 0. The summed E-state index contributed by atoms with van der Waals surface area (Å²) >= 11 is 3.52. The zero-order valence-corrected chi connectivity index (χ0v) is 13.2. The molecule has 19 heavy (non-hydrogen) atoms. The van der Waals surface area contributed by atoms with Crippen LogP contribution in [0.25, 0.3) is 0 Å². The Hall–Kier alpha value is -0.540. The van der Waals surface area contributed by atoms with Crippen LogP contribution in [0.15, 0.2) is 22.7 Å². The molecule has 4 unspecified atom stereocenters. The lowest BCUT2D eigenvalue weighted by atomic mass is 9.66. The van der Waals surface area contributed by atoms with Gasteiger partial charge in [0.25, 0.3) is 0 Å². The van der Waals surface area contributed by atoms with Gasteiger partial charge >= 0.3 is 0 Å². The fourth-order valence-electron chi connectivity index (χ4n) is 3.80. The molecule has 1 spiro atoms. The van der Waals surface area contributed by atoms with E-state index in [-0.39, 0.29) is 11.6 Å². The van der Waals surface area contributed by atoms with Crippen molar-refractivity contribution in [1.82, 2.24) is 0 Å². The first-order valence-corrected chi connectivity index (χ1v) is 8.05. The summed E-state index contributed by atoms with van der Waals surface area (Å²) in [5, 5.41) is 0. The van der Waals surface area contributed by atoms with Crippen molar-refractivity contribution in [2.45, 2.75) is 51.2 Å². The van der Waals surface area contributed by atoms with Crippen LogP contribution < -0.4 is 10.5 Å². The van der Waals surface area contributed by atoms with Gasteiger partial charge in [-0.25, -0.2) is 0 Å². The molecule has 4 atom stereocenters. The summed E-state index contributed by atoms with van der Waals surface area (Å²) in [5.74, 6) is 2.28. The molecular formula is C16H22BrNO. The van der Waals surface area contributed by atoms with Crippen molar-refractivity contribution in [3.05, 3.63) is 28.2 Å². The largest absolute Gasteiger partial charge is 0.487 e. The summed E-state index contributed by atoms with van der Waals surface area (Å²) in [6.45, 7) is 4.68. The highest BCUT2D eigenvalue weighted by Crippen LogP contribution is 2.49. The lowest BCUT2D eigenvalue weighted by molar-refractivity contribution is -0.0614. The maximum Gasteiger partial charge on any atom is 0.125 e. The molecule has 2 aliphatic rings. The van der Waals surface area contributed by atoms with Gasteiger partial charge in [0, 0.05) is 22.5 Å². The predicted molar refractivity (Wildman–Crippen MR) is 81.2 cm³/mol. The lowest BCUT2D eigenvalue weighted by Gasteiger charge is -2.49. The molecular weight excluding hydrogens is 302 g/mol. The molecule has 0 bridgehead atoms. The van der Waals surface area contributed by atoms with Crippen molar-refractivity contribution in [2.24, 2.45) is 17.6 Å². The summed E-state index contributed by atoms with van der Waals surface area (Å²) in [6.07, 6.45) is 4.66. The van der Waals surface area contributed by atoms with Gasteiger partial charge in [0.1, 0.15) is 11.4 Å². The molecule has 1 aliphatic carbocycles. The zero-order chi connectivity index (χ0) is 13.6. The van der Waals surface area contributed by atoms with Gasteiger partial charge < -0.3 is 10.5 Å². The Morgan fingerprint density at radius 1 is 1.37 bits per heavy atom. The maximum atomic E-state index is 6.47. The second-order valence-corrected chi connectivity index (χ2v) is 7.23. The molecule has 0 saturated heterocycles. The predicted octanol–water partition coefficient (Wildman–Crippen LogP) is 4.43. The summed E-state index contributed by atoms with van der Waals surface area (Å²) < 4.78 is 7.54. The number of halogens is 1. The van der Waals surface area contributed by atoms with Crippen molar-refractivity contribution in [1.29, 1.82) is 0 Å². The van der Waals surface area contributed by atoms with Gasteiger partial charge in [0.15, 0.2) is 0 Å². The highest BCUT2D eigenvalue weighted by molar-refractivity contribution is 9.10. The van der Waals surface area contributed by atoms with E-state index < -0.39 is 0 Å². The minimum Gasteiger partial charge on any atom is -0.487 e. The third-order valence-electron chi connectivity index (χ3n) is 5.19. The number of hydrogen-bond donors (Lipinski definition) is 1. The number of hydrogen-bond acceptors (Lipinski definition) is 2. The Morgan fingerprint density at radius 2 is 2.16 bits per heavy atom. The molecule has 1 aliphatic heterocycles. The van der Waals surface area contributed by atoms with E-state index in [9.17, 15) is 0 Å². The van der Waals surface area contributed by atoms with Crippen LogP contribution in [0.5, 0.6) is 5.75 Å². The van der Waals surface area contributed by atoms with E-state index in [0.717, 1.165) is 34.5 Å². The van der Waals surface area contributed by atoms with Gasteiger partial charge in [-0.1, -0.05) is 36.2 Å². The molecule has 0 aromatic heterocycles. The Morgan fingerprint density at radius 3 is 2.95 bits per heavy atom. The third-order valence-corrected chi connectivity index (χ3v) is 5.69. The van der Waals surface area contributed by atoms with Crippen molar-refractivity contribution in [3.63, 3.8) is 0 Å². The molecule has 0 amide bonds. The van der Waals surface area contributed by atoms with E-state index in [1.54, 1.807) is 0 Å². The van der Waals surface area contributed by atoms with Crippen molar-refractivity contribution >= 4 is 15.9 Å². The topological polar surface area (TPSA) is 35.2 Å². The van der Waals surface area contributed by atoms with Crippen LogP contribution in [0.3, 0.4) is 0 Å². The van der Waals surface area contributed by atoms with E-state index in [2.05, 4.69) is 41.9 Å². The number of ether oxygens (including phenoxy) is 1.